The highest BCUT2D eigenvalue weighted by Gasteiger charge is 2.22. The number of oxime groups is 2. The summed E-state index contributed by atoms with van der Waals surface area (Å²) < 4.78 is 0. The summed E-state index contributed by atoms with van der Waals surface area (Å²) in [4.78, 5) is 32.7. The fraction of sp³-hybridized carbons (Fsp3) is 0.778. The first-order valence-electron chi connectivity index (χ1n) is 9.41. The molecule has 0 spiro atoms. The zero-order valence-electron chi connectivity index (χ0n) is 16.3. The molecule has 0 bridgehead atoms. The van der Waals surface area contributed by atoms with E-state index in [2.05, 4.69) is 20.9 Å². The normalized spacial score (nSPS) is 21.1. The summed E-state index contributed by atoms with van der Waals surface area (Å²) in [5.74, 6) is 0.859. The van der Waals surface area contributed by atoms with Gasteiger partial charge in [0.2, 0.25) is 0 Å². The Hall–Kier alpha value is -2.12. The van der Waals surface area contributed by atoms with E-state index in [0.717, 1.165) is 49.9 Å². The Bertz CT molecular complexity index is 465. The summed E-state index contributed by atoms with van der Waals surface area (Å²) in [6.07, 6.45) is 4.52. The molecule has 0 saturated heterocycles. The highest BCUT2D eigenvalue weighted by Crippen LogP contribution is 2.27. The monoisotopic (exact) mass is 368 g/mol. The first kappa shape index (κ1) is 21.9. The molecular formula is C18H32N4O4. The van der Waals surface area contributed by atoms with Gasteiger partial charge in [-0.05, 0) is 64.2 Å². The molecule has 1 saturated carbocycles. The summed E-state index contributed by atoms with van der Waals surface area (Å²) >= 11 is 0. The molecule has 8 nitrogen and oxygen atoms in total. The number of amides is 2. The number of rotatable bonds is 8. The van der Waals surface area contributed by atoms with Crippen molar-refractivity contribution in [2.45, 2.75) is 66.2 Å². The van der Waals surface area contributed by atoms with Crippen molar-refractivity contribution in [3.8, 4) is 0 Å². The fourth-order valence-electron chi connectivity index (χ4n) is 2.53. The van der Waals surface area contributed by atoms with E-state index >= 15 is 0 Å². The lowest BCUT2D eigenvalue weighted by molar-refractivity contribution is 0.142. The lowest BCUT2D eigenvalue weighted by Crippen LogP contribution is -2.34. The van der Waals surface area contributed by atoms with Gasteiger partial charge in [-0.1, -0.05) is 24.2 Å². The SMILES string of the molecule is CC/C(C)=N\OC(=O)NCC1CCC(CNC(=O)O/N=C(/C)CC)CC1. The molecule has 0 aliphatic heterocycles. The molecule has 0 aromatic carbocycles. The lowest BCUT2D eigenvalue weighted by Gasteiger charge is -2.28. The third kappa shape index (κ3) is 9.39. The molecule has 148 valence electrons. The average Bonchev–Trinajstić information content (AvgIpc) is 2.67. The van der Waals surface area contributed by atoms with Crippen LogP contribution in [0, 0.1) is 11.8 Å². The van der Waals surface area contributed by atoms with Gasteiger partial charge in [-0.15, -0.1) is 0 Å². The van der Waals surface area contributed by atoms with Gasteiger partial charge in [0.25, 0.3) is 0 Å². The van der Waals surface area contributed by atoms with Gasteiger partial charge in [-0.3, -0.25) is 9.68 Å². The molecule has 2 N–H and O–H groups in total. The number of hydrogen-bond donors (Lipinski definition) is 2. The van der Waals surface area contributed by atoms with Gasteiger partial charge in [-0.2, -0.15) is 0 Å². The molecule has 8 heteroatoms. The Morgan fingerprint density at radius 3 is 1.46 bits per heavy atom. The molecular weight excluding hydrogens is 336 g/mol. The van der Waals surface area contributed by atoms with Crippen LogP contribution in [0.2, 0.25) is 0 Å². The van der Waals surface area contributed by atoms with Crippen LogP contribution in [0.5, 0.6) is 0 Å². The van der Waals surface area contributed by atoms with Crippen LogP contribution in [-0.4, -0.2) is 36.7 Å². The van der Waals surface area contributed by atoms with Crippen LogP contribution in [0.25, 0.3) is 0 Å². The topological polar surface area (TPSA) is 101 Å². The summed E-state index contributed by atoms with van der Waals surface area (Å²) in [5, 5.41) is 13.0. The molecule has 1 rings (SSSR count). The van der Waals surface area contributed by atoms with E-state index in [1.54, 1.807) is 0 Å². The molecule has 26 heavy (non-hydrogen) atoms. The van der Waals surface area contributed by atoms with Crippen molar-refractivity contribution in [1.82, 2.24) is 10.6 Å². The quantitative estimate of drug-likeness (QED) is 0.386. The minimum absolute atomic E-state index is 0.429. The Labute approximate surface area is 155 Å². The minimum Gasteiger partial charge on any atom is -0.319 e. The van der Waals surface area contributed by atoms with Gasteiger partial charge < -0.3 is 10.6 Å². The summed E-state index contributed by atoms with van der Waals surface area (Å²) in [5.41, 5.74) is 1.56. The largest absolute Gasteiger partial charge is 0.433 e. The van der Waals surface area contributed by atoms with E-state index in [0.29, 0.717) is 24.9 Å². The third-order valence-corrected chi connectivity index (χ3v) is 4.63. The molecule has 1 fully saturated rings. The molecule has 0 aromatic heterocycles. The first-order valence-corrected chi connectivity index (χ1v) is 9.41. The highest BCUT2D eigenvalue weighted by molar-refractivity contribution is 5.82. The van der Waals surface area contributed by atoms with Crippen LogP contribution < -0.4 is 10.6 Å². The van der Waals surface area contributed by atoms with Crippen LogP contribution >= 0.6 is 0 Å². The predicted molar refractivity (Wildman–Crippen MR) is 101 cm³/mol. The number of nitrogens with one attached hydrogen (secondary N) is 2. The zero-order chi connectivity index (χ0) is 19.4. The maximum absolute atomic E-state index is 11.6. The van der Waals surface area contributed by atoms with Crippen molar-refractivity contribution in [3.63, 3.8) is 0 Å². The van der Waals surface area contributed by atoms with Crippen LogP contribution in [-0.2, 0) is 9.68 Å². The van der Waals surface area contributed by atoms with Crippen molar-refractivity contribution >= 4 is 23.6 Å². The van der Waals surface area contributed by atoms with Crippen molar-refractivity contribution in [2.24, 2.45) is 22.1 Å². The Kier molecular flexibility index (Phi) is 10.3. The van der Waals surface area contributed by atoms with Crippen molar-refractivity contribution < 1.29 is 19.3 Å². The highest BCUT2D eigenvalue weighted by atomic mass is 16.7. The lowest BCUT2D eigenvalue weighted by atomic mass is 9.82. The third-order valence-electron chi connectivity index (χ3n) is 4.63. The van der Waals surface area contributed by atoms with Gasteiger partial charge in [0, 0.05) is 13.1 Å². The predicted octanol–water partition coefficient (Wildman–Crippen LogP) is 3.82. The smallest absolute Gasteiger partial charge is 0.319 e. The van der Waals surface area contributed by atoms with E-state index in [4.69, 9.17) is 9.68 Å². The Morgan fingerprint density at radius 1 is 0.808 bits per heavy atom. The summed E-state index contributed by atoms with van der Waals surface area (Å²) in [7, 11) is 0. The van der Waals surface area contributed by atoms with Crippen LogP contribution in [0.3, 0.4) is 0 Å². The van der Waals surface area contributed by atoms with Gasteiger partial charge >= 0.3 is 12.2 Å². The number of carbonyl (C=O) groups excluding carboxylic acids is 2. The molecule has 0 atom stereocenters. The maximum Gasteiger partial charge on any atom is 0.433 e. The fourth-order valence-corrected chi connectivity index (χ4v) is 2.53. The van der Waals surface area contributed by atoms with Crippen LogP contribution in [0.4, 0.5) is 9.59 Å². The van der Waals surface area contributed by atoms with Crippen molar-refractivity contribution in [2.75, 3.05) is 13.1 Å². The Balaban J connectivity index is 2.16. The second-order valence-corrected chi connectivity index (χ2v) is 6.77. The number of hydrogen-bond acceptors (Lipinski definition) is 6. The molecule has 0 unspecified atom stereocenters. The van der Waals surface area contributed by atoms with E-state index < -0.39 is 12.2 Å². The molecule has 1 aliphatic carbocycles. The van der Waals surface area contributed by atoms with Gasteiger partial charge in [-0.25, -0.2) is 9.59 Å². The van der Waals surface area contributed by atoms with Gasteiger partial charge in [0.05, 0.1) is 11.4 Å². The zero-order valence-corrected chi connectivity index (χ0v) is 16.3. The Morgan fingerprint density at radius 2 is 1.15 bits per heavy atom. The van der Waals surface area contributed by atoms with Crippen LogP contribution in [0.1, 0.15) is 66.2 Å². The second kappa shape index (κ2) is 12.3. The first-order chi connectivity index (χ1) is 12.4. The summed E-state index contributed by atoms with van der Waals surface area (Å²) in [6.45, 7) is 8.71. The van der Waals surface area contributed by atoms with E-state index in [9.17, 15) is 9.59 Å². The second-order valence-electron chi connectivity index (χ2n) is 6.77. The minimum atomic E-state index is -0.507. The van der Waals surface area contributed by atoms with Gasteiger partial charge in [0.15, 0.2) is 0 Å². The van der Waals surface area contributed by atoms with Gasteiger partial charge in [0.1, 0.15) is 0 Å². The van der Waals surface area contributed by atoms with E-state index in [1.165, 1.54) is 0 Å². The van der Waals surface area contributed by atoms with E-state index in [-0.39, 0.29) is 0 Å². The average molecular weight is 368 g/mol. The van der Waals surface area contributed by atoms with Crippen molar-refractivity contribution in [1.29, 1.82) is 0 Å². The summed E-state index contributed by atoms with van der Waals surface area (Å²) in [6, 6.07) is 0. The molecule has 0 heterocycles. The molecule has 0 aromatic rings. The number of nitrogens with zero attached hydrogens (tertiary/aromatic N) is 2. The standard InChI is InChI=1S/C18H32N4O4/c1-5-13(3)21-25-17(23)19-11-15-7-9-16(10-8-15)12-20-18(24)26-22-14(4)6-2/h15-16H,5-12H2,1-4H3,(H,19,23)(H,20,24)/b21-13-,22-14-. The van der Waals surface area contributed by atoms with Crippen molar-refractivity contribution in [3.05, 3.63) is 0 Å². The molecule has 0 radical (unpaired) electrons. The van der Waals surface area contributed by atoms with E-state index in [1.807, 2.05) is 27.7 Å². The van der Waals surface area contributed by atoms with Crippen LogP contribution in [0.15, 0.2) is 10.3 Å². The number of carbonyl (C=O) groups is 2. The maximum atomic E-state index is 11.6. The molecule has 2 amide bonds. The molecule has 1 aliphatic rings.